The predicted octanol–water partition coefficient (Wildman–Crippen LogP) is 1.38. The standard InChI is InChI=1S/C7H14O.CO2/c1-6-4-3-5-7(2)8-6;2-1-3/h6-7H,3-5H2,1-2H3;/t6-,7+;. The van der Waals surface area contributed by atoms with E-state index in [2.05, 4.69) is 13.8 Å². The van der Waals surface area contributed by atoms with E-state index in [0.717, 1.165) is 0 Å². The third kappa shape index (κ3) is 5.77. The fraction of sp³-hybridized carbons (Fsp3) is 0.875. The van der Waals surface area contributed by atoms with Crippen LogP contribution in [-0.2, 0) is 14.3 Å². The van der Waals surface area contributed by atoms with E-state index in [0.29, 0.717) is 12.2 Å². The smallest absolute Gasteiger partial charge is 0.373 e. The van der Waals surface area contributed by atoms with Crippen LogP contribution < -0.4 is 0 Å². The lowest BCUT2D eigenvalue weighted by atomic mass is 10.1. The third-order valence-corrected chi connectivity index (χ3v) is 1.69. The lowest BCUT2D eigenvalue weighted by molar-refractivity contribution is -0.191. The lowest BCUT2D eigenvalue weighted by Gasteiger charge is -2.24. The second kappa shape index (κ2) is 6.08. The van der Waals surface area contributed by atoms with Crippen LogP contribution in [0.1, 0.15) is 33.1 Å². The first-order chi connectivity index (χ1) is 5.20. The van der Waals surface area contributed by atoms with Crippen molar-refractivity contribution in [2.75, 3.05) is 0 Å². The molecule has 1 rings (SSSR count). The molecule has 0 saturated carbocycles. The summed E-state index contributed by atoms with van der Waals surface area (Å²) in [6.07, 6.45) is 5.13. The van der Waals surface area contributed by atoms with Crippen LogP contribution in [0, 0.1) is 0 Å². The highest BCUT2D eigenvalue weighted by atomic mass is 16.5. The van der Waals surface area contributed by atoms with Crippen LogP contribution in [0.15, 0.2) is 0 Å². The summed E-state index contributed by atoms with van der Waals surface area (Å²) < 4.78 is 5.49. The summed E-state index contributed by atoms with van der Waals surface area (Å²) in [6.45, 7) is 4.30. The van der Waals surface area contributed by atoms with Crippen LogP contribution in [0.3, 0.4) is 0 Å². The summed E-state index contributed by atoms with van der Waals surface area (Å²) in [4.78, 5) is 16.2. The van der Waals surface area contributed by atoms with E-state index in [1.54, 1.807) is 0 Å². The molecule has 1 aliphatic rings. The largest absolute Gasteiger partial charge is 0.376 e. The highest BCUT2D eigenvalue weighted by Gasteiger charge is 2.13. The Morgan fingerprint density at radius 1 is 1.18 bits per heavy atom. The normalized spacial score (nSPS) is 29.6. The minimum Gasteiger partial charge on any atom is -0.376 e. The number of ether oxygens (including phenoxy) is 1. The number of hydrogen-bond donors (Lipinski definition) is 0. The zero-order valence-electron chi connectivity index (χ0n) is 7.00. The molecule has 1 heterocycles. The molecule has 3 heteroatoms. The van der Waals surface area contributed by atoms with E-state index in [1.165, 1.54) is 19.3 Å². The number of carbonyl (C=O) groups excluding carboxylic acids is 2. The average Bonchev–Trinajstić information content (AvgIpc) is 1.88. The Hall–Kier alpha value is -0.660. The van der Waals surface area contributed by atoms with Crippen LogP contribution in [0.2, 0.25) is 0 Å². The maximum absolute atomic E-state index is 8.12. The minimum atomic E-state index is 0.250. The molecule has 2 atom stereocenters. The van der Waals surface area contributed by atoms with E-state index in [4.69, 9.17) is 14.3 Å². The van der Waals surface area contributed by atoms with Gasteiger partial charge in [-0.1, -0.05) is 0 Å². The lowest BCUT2D eigenvalue weighted by Crippen LogP contribution is -2.22. The van der Waals surface area contributed by atoms with Crippen LogP contribution in [0.5, 0.6) is 0 Å². The Morgan fingerprint density at radius 2 is 1.55 bits per heavy atom. The molecule has 0 unspecified atom stereocenters. The van der Waals surface area contributed by atoms with Gasteiger partial charge in [-0.05, 0) is 33.1 Å². The Morgan fingerprint density at radius 3 is 1.73 bits per heavy atom. The molecule has 0 aromatic rings. The van der Waals surface area contributed by atoms with Gasteiger partial charge in [0, 0.05) is 0 Å². The first-order valence-corrected chi connectivity index (χ1v) is 3.85. The van der Waals surface area contributed by atoms with Crippen LogP contribution in [0.4, 0.5) is 0 Å². The Balaban J connectivity index is 0.000000292. The second-order valence-corrected chi connectivity index (χ2v) is 2.77. The van der Waals surface area contributed by atoms with Gasteiger partial charge >= 0.3 is 6.15 Å². The fourth-order valence-electron chi connectivity index (χ4n) is 1.23. The zero-order chi connectivity index (χ0) is 8.69. The molecule has 0 amide bonds. The molecule has 0 aliphatic carbocycles. The van der Waals surface area contributed by atoms with E-state index in [9.17, 15) is 0 Å². The van der Waals surface area contributed by atoms with E-state index in [1.807, 2.05) is 0 Å². The van der Waals surface area contributed by atoms with Crippen molar-refractivity contribution in [1.82, 2.24) is 0 Å². The van der Waals surface area contributed by atoms with Gasteiger partial charge in [-0.2, -0.15) is 9.59 Å². The maximum atomic E-state index is 8.12. The maximum Gasteiger partial charge on any atom is 0.373 e. The molecule has 3 nitrogen and oxygen atoms in total. The number of hydrogen-bond acceptors (Lipinski definition) is 3. The molecule has 0 bridgehead atoms. The second-order valence-electron chi connectivity index (χ2n) is 2.77. The van der Waals surface area contributed by atoms with Crippen molar-refractivity contribution in [3.05, 3.63) is 0 Å². The molecule has 1 saturated heterocycles. The molecule has 1 aliphatic heterocycles. The van der Waals surface area contributed by atoms with Crippen LogP contribution in [-0.4, -0.2) is 18.4 Å². The van der Waals surface area contributed by atoms with Gasteiger partial charge in [0.1, 0.15) is 0 Å². The van der Waals surface area contributed by atoms with Gasteiger partial charge in [-0.3, -0.25) is 0 Å². The molecule has 0 radical (unpaired) electrons. The van der Waals surface area contributed by atoms with Crippen molar-refractivity contribution < 1.29 is 14.3 Å². The topological polar surface area (TPSA) is 43.4 Å². The molecule has 0 aromatic heterocycles. The Labute approximate surface area is 66.7 Å². The van der Waals surface area contributed by atoms with Gasteiger partial charge in [0.2, 0.25) is 0 Å². The third-order valence-electron chi connectivity index (χ3n) is 1.69. The number of rotatable bonds is 0. The van der Waals surface area contributed by atoms with Crippen molar-refractivity contribution in [3.63, 3.8) is 0 Å². The summed E-state index contributed by atoms with van der Waals surface area (Å²) in [6, 6.07) is 0. The molecular formula is C8H14O3. The molecule has 0 spiro atoms. The molecule has 64 valence electrons. The first kappa shape index (κ1) is 10.3. The minimum absolute atomic E-state index is 0.250. The molecular weight excluding hydrogens is 144 g/mol. The molecule has 1 fully saturated rings. The average molecular weight is 158 g/mol. The quantitative estimate of drug-likeness (QED) is 0.535. The van der Waals surface area contributed by atoms with Crippen molar-refractivity contribution in [1.29, 1.82) is 0 Å². The molecule has 0 aromatic carbocycles. The van der Waals surface area contributed by atoms with Gasteiger partial charge in [-0.15, -0.1) is 0 Å². The van der Waals surface area contributed by atoms with Crippen molar-refractivity contribution >= 4 is 6.15 Å². The fourth-order valence-corrected chi connectivity index (χ4v) is 1.23. The van der Waals surface area contributed by atoms with Gasteiger partial charge in [0.25, 0.3) is 0 Å². The van der Waals surface area contributed by atoms with Crippen molar-refractivity contribution in [2.24, 2.45) is 0 Å². The molecule has 0 N–H and O–H groups in total. The van der Waals surface area contributed by atoms with E-state index < -0.39 is 0 Å². The first-order valence-electron chi connectivity index (χ1n) is 3.85. The summed E-state index contributed by atoms with van der Waals surface area (Å²) in [5.41, 5.74) is 0. The van der Waals surface area contributed by atoms with Crippen molar-refractivity contribution in [3.8, 4) is 0 Å². The SMILES string of the molecule is C[C@@H]1CCC[C@H](C)O1.O=C=O. The molecule has 11 heavy (non-hydrogen) atoms. The summed E-state index contributed by atoms with van der Waals surface area (Å²) >= 11 is 0. The van der Waals surface area contributed by atoms with Crippen LogP contribution in [0.25, 0.3) is 0 Å². The summed E-state index contributed by atoms with van der Waals surface area (Å²) in [5, 5.41) is 0. The monoisotopic (exact) mass is 158 g/mol. The summed E-state index contributed by atoms with van der Waals surface area (Å²) in [7, 11) is 0. The zero-order valence-corrected chi connectivity index (χ0v) is 7.00. The highest BCUT2D eigenvalue weighted by molar-refractivity contribution is 5.20. The van der Waals surface area contributed by atoms with Crippen molar-refractivity contribution in [2.45, 2.75) is 45.3 Å². The van der Waals surface area contributed by atoms with Crippen LogP contribution >= 0.6 is 0 Å². The Kier molecular flexibility index (Phi) is 5.71. The van der Waals surface area contributed by atoms with Gasteiger partial charge in [0.05, 0.1) is 12.2 Å². The summed E-state index contributed by atoms with van der Waals surface area (Å²) in [5.74, 6) is 0. The predicted molar refractivity (Wildman–Crippen MR) is 38.9 cm³/mol. The Bertz CT molecular complexity index is 119. The van der Waals surface area contributed by atoms with Gasteiger partial charge < -0.3 is 4.74 Å². The van der Waals surface area contributed by atoms with E-state index >= 15 is 0 Å². The highest BCUT2D eigenvalue weighted by Crippen LogP contribution is 2.17. The van der Waals surface area contributed by atoms with Gasteiger partial charge in [-0.25, -0.2) is 0 Å². The van der Waals surface area contributed by atoms with Gasteiger partial charge in [0.15, 0.2) is 0 Å². The van der Waals surface area contributed by atoms with E-state index in [-0.39, 0.29) is 6.15 Å².